The Balaban J connectivity index is 2.31. The summed E-state index contributed by atoms with van der Waals surface area (Å²) in [6.07, 6.45) is 1.49. The number of carboxylic acids is 1. The molecule has 0 aliphatic heterocycles. The Labute approximate surface area is 96.2 Å². The normalized spacial score (nSPS) is 10.1. The fourth-order valence-electron chi connectivity index (χ4n) is 1.35. The molecule has 6 nitrogen and oxygen atoms in total. The zero-order valence-electron chi connectivity index (χ0n) is 8.78. The second-order valence-electron chi connectivity index (χ2n) is 3.34. The molecular formula is C11H9N3O3. The van der Waals surface area contributed by atoms with Gasteiger partial charge in [0.2, 0.25) is 0 Å². The number of hydrogen-bond donors (Lipinski definition) is 1. The average molecular weight is 231 g/mol. The molecule has 2 heterocycles. The smallest absolute Gasteiger partial charge is 0.354 e. The van der Waals surface area contributed by atoms with Crippen LogP contribution >= 0.6 is 0 Å². The summed E-state index contributed by atoms with van der Waals surface area (Å²) in [5.74, 6) is -1.10. The van der Waals surface area contributed by atoms with E-state index in [1.807, 2.05) is 0 Å². The molecule has 0 aliphatic carbocycles. The third-order valence-corrected chi connectivity index (χ3v) is 2.12. The molecule has 2 aromatic heterocycles. The van der Waals surface area contributed by atoms with Gasteiger partial charge in [-0.05, 0) is 18.2 Å². The van der Waals surface area contributed by atoms with E-state index in [1.165, 1.54) is 23.0 Å². The van der Waals surface area contributed by atoms with Crippen LogP contribution in [-0.2, 0) is 6.54 Å². The highest BCUT2D eigenvalue weighted by Crippen LogP contribution is 2.00. The summed E-state index contributed by atoms with van der Waals surface area (Å²) in [4.78, 5) is 26.0. The molecular weight excluding hydrogens is 222 g/mol. The van der Waals surface area contributed by atoms with E-state index >= 15 is 0 Å². The van der Waals surface area contributed by atoms with Crippen molar-refractivity contribution in [1.82, 2.24) is 14.8 Å². The van der Waals surface area contributed by atoms with E-state index < -0.39 is 5.97 Å². The lowest BCUT2D eigenvalue weighted by Gasteiger charge is -2.03. The van der Waals surface area contributed by atoms with Gasteiger partial charge in [0.15, 0.2) is 0 Å². The lowest BCUT2D eigenvalue weighted by Crippen LogP contribution is -2.22. The van der Waals surface area contributed by atoms with E-state index in [1.54, 1.807) is 18.2 Å². The maximum atomic E-state index is 11.4. The van der Waals surface area contributed by atoms with Crippen LogP contribution < -0.4 is 5.56 Å². The number of carbonyl (C=O) groups is 1. The van der Waals surface area contributed by atoms with Crippen molar-refractivity contribution < 1.29 is 9.90 Å². The van der Waals surface area contributed by atoms with Crippen LogP contribution in [0, 0.1) is 0 Å². The standard InChI is InChI=1S/C11H9N3O3/c15-10-5-2-6-12-14(10)7-8-3-1-4-9(13-8)11(16)17/h1-6H,7H2,(H,16,17). The molecule has 0 spiro atoms. The van der Waals surface area contributed by atoms with E-state index in [0.29, 0.717) is 5.69 Å². The number of aromatic carboxylic acids is 1. The Morgan fingerprint density at radius 3 is 2.82 bits per heavy atom. The molecule has 1 N–H and O–H groups in total. The van der Waals surface area contributed by atoms with Gasteiger partial charge in [-0.25, -0.2) is 14.5 Å². The fourth-order valence-corrected chi connectivity index (χ4v) is 1.35. The molecule has 0 radical (unpaired) electrons. The minimum absolute atomic E-state index is 0.0496. The molecule has 0 saturated carbocycles. The van der Waals surface area contributed by atoms with Gasteiger partial charge in [-0.1, -0.05) is 6.07 Å². The van der Waals surface area contributed by atoms with Gasteiger partial charge in [0, 0.05) is 12.3 Å². The summed E-state index contributed by atoms with van der Waals surface area (Å²) in [6, 6.07) is 7.55. The van der Waals surface area contributed by atoms with Gasteiger partial charge in [-0.15, -0.1) is 0 Å². The first kappa shape index (κ1) is 11.0. The second kappa shape index (κ2) is 4.56. The van der Waals surface area contributed by atoms with Gasteiger partial charge in [0.05, 0.1) is 12.2 Å². The van der Waals surface area contributed by atoms with E-state index in [0.717, 1.165) is 0 Å². The fraction of sp³-hybridized carbons (Fsp3) is 0.0909. The molecule has 0 bridgehead atoms. The van der Waals surface area contributed by atoms with Crippen molar-refractivity contribution >= 4 is 5.97 Å². The highest BCUT2D eigenvalue weighted by Gasteiger charge is 2.06. The quantitative estimate of drug-likeness (QED) is 0.825. The van der Waals surface area contributed by atoms with Crippen molar-refractivity contribution in [2.24, 2.45) is 0 Å². The summed E-state index contributed by atoms with van der Waals surface area (Å²) in [7, 11) is 0. The molecule has 0 atom stereocenters. The highest BCUT2D eigenvalue weighted by atomic mass is 16.4. The molecule has 0 amide bonds. The molecule has 86 valence electrons. The maximum absolute atomic E-state index is 11.4. The topological polar surface area (TPSA) is 85.1 Å². The van der Waals surface area contributed by atoms with Gasteiger partial charge >= 0.3 is 5.97 Å². The van der Waals surface area contributed by atoms with Gasteiger partial charge in [0.25, 0.3) is 5.56 Å². The SMILES string of the molecule is O=C(O)c1cccc(Cn2ncccc2=O)n1. The first-order chi connectivity index (χ1) is 8.16. The minimum Gasteiger partial charge on any atom is -0.477 e. The Morgan fingerprint density at radius 1 is 1.29 bits per heavy atom. The van der Waals surface area contributed by atoms with Crippen molar-refractivity contribution in [3.8, 4) is 0 Å². The van der Waals surface area contributed by atoms with Crippen LogP contribution in [0.4, 0.5) is 0 Å². The molecule has 0 aliphatic rings. The zero-order valence-corrected chi connectivity index (χ0v) is 8.78. The summed E-state index contributed by atoms with van der Waals surface area (Å²) in [5.41, 5.74) is 0.173. The lowest BCUT2D eigenvalue weighted by molar-refractivity contribution is 0.0690. The predicted molar refractivity (Wildman–Crippen MR) is 58.8 cm³/mol. The van der Waals surface area contributed by atoms with E-state index in [2.05, 4.69) is 10.1 Å². The Kier molecular flexibility index (Phi) is 2.95. The number of carboxylic acid groups (broad SMARTS) is 1. The highest BCUT2D eigenvalue weighted by molar-refractivity contribution is 5.85. The Morgan fingerprint density at radius 2 is 2.12 bits per heavy atom. The molecule has 2 aromatic rings. The van der Waals surface area contributed by atoms with Crippen molar-refractivity contribution in [2.45, 2.75) is 6.54 Å². The Hall–Kier alpha value is -2.50. The second-order valence-corrected chi connectivity index (χ2v) is 3.34. The summed E-state index contributed by atoms with van der Waals surface area (Å²) in [5, 5.41) is 12.6. The molecule has 0 saturated heterocycles. The van der Waals surface area contributed by atoms with Gasteiger partial charge < -0.3 is 5.11 Å². The molecule has 0 unspecified atom stereocenters. The number of pyridine rings is 1. The van der Waals surface area contributed by atoms with Crippen LogP contribution in [-0.4, -0.2) is 25.8 Å². The Bertz CT molecular complexity index is 607. The molecule has 17 heavy (non-hydrogen) atoms. The van der Waals surface area contributed by atoms with Gasteiger partial charge in [0.1, 0.15) is 5.69 Å². The minimum atomic E-state index is -1.10. The number of rotatable bonds is 3. The number of hydrogen-bond acceptors (Lipinski definition) is 4. The molecule has 0 fully saturated rings. The van der Waals surface area contributed by atoms with E-state index in [4.69, 9.17) is 5.11 Å². The molecule has 6 heteroatoms. The summed E-state index contributed by atoms with van der Waals surface area (Å²) in [6.45, 7) is 0.154. The average Bonchev–Trinajstić information content (AvgIpc) is 2.32. The number of aromatic nitrogens is 3. The van der Waals surface area contributed by atoms with Gasteiger partial charge in [-0.2, -0.15) is 5.10 Å². The lowest BCUT2D eigenvalue weighted by atomic mass is 10.3. The van der Waals surface area contributed by atoms with Crippen LogP contribution in [0.5, 0.6) is 0 Å². The summed E-state index contributed by atoms with van der Waals surface area (Å²) >= 11 is 0. The largest absolute Gasteiger partial charge is 0.477 e. The monoisotopic (exact) mass is 231 g/mol. The first-order valence-electron chi connectivity index (χ1n) is 4.88. The van der Waals surface area contributed by atoms with E-state index in [-0.39, 0.29) is 17.8 Å². The van der Waals surface area contributed by atoms with Crippen molar-refractivity contribution in [1.29, 1.82) is 0 Å². The number of nitrogens with zero attached hydrogens (tertiary/aromatic N) is 3. The van der Waals surface area contributed by atoms with Crippen LogP contribution in [0.3, 0.4) is 0 Å². The van der Waals surface area contributed by atoms with Crippen molar-refractivity contribution in [2.75, 3.05) is 0 Å². The zero-order chi connectivity index (χ0) is 12.3. The molecule has 0 aromatic carbocycles. The molecule has 2 rings (SSSR count). The van der Waals surface area contributed by atoms with Crippen molar-refractivity contribution in [3.05, 3.63) is 58.3 Å². The third-order valence-electron chi connectivity index (χ3n) is 2.12. The van der Waals surface area contributed by atoms with Crippen molar-refractivity contribution in [3.63, 3.8) is 0 Å². The maximum Gasteiger partial charge on any atom is 0.354 e. The van der Waals surface area contributed by atoms with E-state index in [9.17, 15) is 9.59 Å². The van der Waals surface area contributed by atoms with Crippen LogP contribution in [0.2, 0.25) is 0 Å². The van der Waals surface area contributed by atoms with Crippen LogP contribution in [0.25, 0.3) is 0 Å². The van der Waals surface area contributed by atoms with Gasteiger partial charge in [-0.3, -0.25) is 4.79 Å². The summed E-state index contributed by atoms with van der Waals surface area (Å²) < 4.78 is 1.22. The first-order valence-corrected chi connectivity index (χ1v) is 4.88. The third kappa shape index (κ3) is 2.54. The van der Waals surface area contributed by atoms with Crippen LogP contribution in [0.15, 0.2) is 41.3 Å². The predicted octanol–water partition coefficient (Wildman–Crippen LogP) is 0.385. The van der Waals surface area contributed by atoms with Crippen LogP contribution in [0.1, 0.15) is 16.2 Å².